The number of hydrazone groups is 1. The smallest absolute Gasteiger partial charge is 0.328 e. The van der Waals surface area contributed by atoms with E-state index in [0.29, 0.717) is 5.56 Å². The first-order valence-electron chi connectivity index (χ1n) is 8.14. The van der Waals surface area contributed by atoms with Gasteiger partial charge in [0.05, 0.1) is 0 Å². The second-order valence-electron chi connectivity index (χ2n) is 6.59. The summed E-state index contributed by atoms with van der Waals surface area (Å²) in [6.45, 7) is 4.71. The number of benzene rings is 1. The van der Waals surface area contributed by atoms with Gasteiger partial charge in [-0.3, -0.25) is 9.59 Å². The van der Waals surface area contributed by atoms with E-state index in [1.165, 1.54) is 6.92 Å². The maximum atomic E-state index is 12.1. The Kier molecular flexibility index (Phi) is 6.11. The van der Waals surface area contributed by atoms with Gasteiger partial charge in [-0.1, -0.05) is 17.7 Å². The normalized spacial score (nSPS) is 21.3. The van der Waals surface area contributed by atoms with Crippen molar-refractivity contribution in [2.24, 2.45) is 5.10 Å². The van der Waals surface area contributed by atoms with Crippen molar-refractivity contribution in [2.75, 3.05) is 0 Å². The highest BCUT2D eigenvalue weighted by atomic mass is 32.2. The van der Waals surface area contributed by atoms with Crippen LogP contribution in [0.3, 0.4) is 0 Å². The Hall–Kier alpha value is -2.59. The number of likely N-dealkylation sites (tertiary alicyclic amines) is 1. The molecular formula is C17H21N3O6S. The molecule has 1 saturated heterocycles. The summed E-state index contributed by atoms with van der Waals surface area (Å²) >= 11 is -2.68. The molecule has 3 N–H and O–H groups in total. The van der Waals surface area contributed by atoms with Gasteiger partial charge in [-0.25, -0.2) is 14.4 Å². The molecule has 1 unspecified atom stereocenters. The van der Waals surface area contributed by atoms with Gasteiger partial charge < -0.3 is 14.6 Å². The monoisotopic (exact) mass is 395 g/mol. The molecule has 0 radical (unpaired) electrons. The highest BCUT2D eigenvalue weighted by Crippen LogP contribution is 2.30. The molecule has 9 nitrogen and oxygen atoms in total. The van der Waals surface area contributed by atoms with Crippen LogP contribution in [0.5, 0.6) is 0 Å². The zero-order valence-corrected chi connectivity index (χ0v) is 15.9. The van der Waals surface area contributed by atoms with Gasteiger partial charge in [0, 0.05) is 24.2 Å². The predicted octanol–water partition coefficient (Wildman–Crippen LogP) is 0.765. The highest BCUT2D eigenvalue weighted by molar-refractivity contribution is 7.81. The molecule has 4 atom stereocenters. The van der Waals surface area contributed by atoms with Crippen molar-refractivity contribution in [1.29, 1.82) is 0 Å². The van der Waals surface area contributed by atoms with Crippen LogP contribution in [0.1, 0.15) is 36.2 Å². The van der Waals surface area contributed by atoms with E-state index >= 15 is 0 Å². The largest absolute Gasteiger partial charge is 0.480 e. The Morgan fingerprint density at radius 3 is 2.44 bits per heavy atom. The van der Waals surface area contributed by atoms with E-state index < -0.39 is 39.7 Å². The predicted molar refractivity (Wildman–Crippen MR) is 98.7 cm³/mol. The molecule has 1 aliphatic rings. The van der Waals surface area contributed by atoms with Gasteiger partial charge in [0.1, 0.15) is 4.75 Å². The minimum Gasteiger partial charge on any atom is -0.480 e. The van der Waals surface area contributed by atoms with Crippen LogP contribution in [0.25, 0.3) is 0 Å². The van der Waals surface area contributed by atoms with Crippen LogP contribution < -0.4 is 5.43 Å². The fraction of sp³-hybridized carbons (Fsp3) is 0.412. The van der Waals surface area contributed by atoms with Crippen LogP contribution in [0.4, 0.5) is 0 Å². The lowest BCUT2D eigenvalue weighted by molar-refractivity contribution is -0.161. The molecule has 1 heterocycles. The van der Waals surface area contributed by atoms with Crippen LogP contribution in [0.15, 0.2) is 29.4 Å². The number of aryl methyl sites for hydroxylation is 1. The fourth-order valence-corrected chi connectivity index (χ4v) is 3.38. The molecule has 146 valence electrons. The Bertz CT molecular complexity index is 809. The Balaban J connectivity index is 2.23. The van der Waals surface area contributed by atoms with Crippen LogP contribution in [0, 0.1) is 6.92 Å². The molecule has 10 heteroatoms. The number of carboxylic acid groups (broad SMARTS) is 1. The molecule has 2 amide bonds. The number of nitrogens with zero attached hydrogens (tertiary/aromatic N) is 2. The Morgan fingerprint density at radius 1 is 1.41 bits per heavy atom. The highest BCUT2D eigenvalue weighted by Gasteiger charge is 2.53. The third-order valence-corrected chi connectivity index (χ3v) is 5.55. The second kappa shape index (κ2) is 7.97. The molecule has 0 aliphatic carbocycles. The summed E-state index contributed by atoms with van der Waals surface area (Å²) < 4.78 is 19.7. The number of carbonyl (C=O) groups excluding carboxylic acids is 2. The second-order valence-corrected chi connectivity index (χ2v) is 7.97. The van der Waals surface area contributed by atoms with E-state index in [4.69, 9.17) is 0 Å². The van der Waals surface area contributed by atoms with E-state index in [-0.39, 0.29) is 12.5 Å². The number of carbonyl (C=O) groups is 3. The number of rotatable bonds is 7. The van der Waals surface area contributed by atoms with Crippen LogP contribution >= 0.6 is 0 Å². The number of hydrogen-bond donors (Lipinski definition) is 3. The lowest BCUT2D eigenvalue weighted by Crippen LogP contribution is -2.67. The first-order chi connectivity index (χ1) is 12.6. The third kappa shape index (κ3) is 4.22. The quantitative estimate of drug-likeness (QED) is 0.270. The summed E-state index contributed by atoms with van der Waals surface area (Å²) in [5, 5.41) is 13.2. The van der Waals surface area contributed by atoms with Crippen molar-refractivity contribution in [1.82, 2.24) is 10.3 Å². The molecule has 0 spiro atoms. The number of aliphatic carboxylic acids is 1. The summed E-state index contributed by atoms with van der Waals surface area (Å²) in [6, 6.07) is 4.68. The molecule has 1 aliphatic heterocycles. The molecular weight excluding hydrogens is 374 g/mol. The van der Waals surface area contributed by atoms with E-state index in [2.05, 4.69) is 10.5 Å². The SMILES string of the molecule is Cc1ccc(C(=O)N/N=C/[C@@](C)([C@H](C(=O)O)N2C(=O)C[C@H]2C)S(=O)O)cc1. The van der Waals surface area contributed by atoms with E-state index in [9.17, 15) is 28.3 Å². The van der Waals surface area contributed by atoms with Crippen LogP contribution in [-0.4, -0.2) is 59.6 Å². The maximum Gasteiger partial charge on any atom is 0.328 e. The Morgan fingerprint density at radius 2 is 2.00 bits per heavy atom. The first-order valence-corrected chi connectivity index (χ1v) is 9.24. The van der Waals surface area contributed by atoms with E-state index in [1.54, 1.807) is 31.2 Å². The van der Waals surface area contributed by atoms with Crippen molar-refractivity contribution in [3.63, 3.8) is 0 Å². The molecule has 0 bridgehead atoms. The Labute approximate surface area is 158 Å². The number of β-lactam (4-membered cyclic amide) rings is 1. The standard InChI is InChI=1S/C17H21N3O6S/c1-10-4-6-12(7-5-10)15(22)19-18-9-17(3,27(25)26)14(16(23)24)20-11(2)8-13(20)21/h4-7,9,11,14H,8H2,1-3H3,(H,19,22)(H,23,24)(H,25,26)/b18-9+/t11-,14+,17+/m1/s1. The molecule has 1 fully saturated rings. The van der Waals surface area contributed by atoms with Gasteiger partial charge >= 0.3 is 5.97 Å². The number of carboxylic acids is 1. The zero-order chi connectivity index (χ0) is 20.4. The van der Waals surface area contributed by atoms with Gasteiger partial charge in [0.25, 0.3) is 5.91 Å². The van der Waals surface area contributed by atoms with Crippen LogP contribution in [0.2, 0.25) is 0 Å². The van der Waals surface area contributed by atoms with Crippen molar-refractivity contribution in [2.45, 2.75) is 44.0 Å². The van der Waals surface area contributed by atoms with Crippen molar-refractivity contribution >= 4 is 35.1 Å². The topological polar surface area (TPSA) is 136 Å². The average molecular weight is 395 g/mol. The van der Waals surface area contributed by atoms with Crippen molar-refractivity contribution in [3.8, 4) is 0 Å². The minimum absolute atomic E-state index is 0.166. The summed E-state index contributed by atoms with van der Waals surface area (Å²) in [5.74, 6) is -2.42. The number of amides is 2. The van der Waals surface area contributed by atoms with Crippen molar-refractivity contribution < 1.29 is 28.3 Å². The number of nitrogens with one attached hydrogen (secondary N) is 1. The molecule has 2 rings (SSSR count). The van der Waals surface area contributed by atoms with Gasteiger partial charge in [-0.15, -0.1) is 0 Å². The number of hydrogen-bond acceptors (Lipinski definition) is 5. The third-order valence-electron chi connectivity index (χ3n) is 4.46. The van der Waals surface area contributed by atoms with Gasteiger partial charge in [0.15, 0.2) is 17.1 Å². The molecule has 27 heavy (non-hydrogen) atoms. The van der Waals surface area contributed by atoms with Gasteiger partial charge in [-0.05, 0) is 32.9 Å². The van der Waals surface area contributed by atoms with Crippen molar-refractivity contribution in [3.05, 3.63) is 35.4 Å². The minimum atomic E-state index is -2.68. The first kappa shape index (κ1) is 20.7. The van der Waals surface area contributed by atoms with Crippen LogP contribution in [-0.2, 0) is 20.7 Å². The molecule has 0 aromatic heterocycles. The van der Waals surface area contributed by atoms with E-state index in [1.807, 2.05) is 6.92 Å². The fourth-order valence-electron chi connectivity index (χ4n) is 2.83. The lowest BCUT2D eigenvalue weighted by atomic mass is 9.92. The van der Waals surface area contributed by atoms with Gasteiger partial charge in [0.2, 0.25) is 5.91 Å². The maximum absolute atomic E-state index is 12.1. The average Bonchev–Trinajstić information content (AvgIpc) is 2.59. The summed E-state index contributed by atoms with van der Waals surface area (Å²) in [5.41, 5.74) is 3.50. The summed E-state index contributed by atoms with van der Waals surface area (Å²) in [6.07, 6.45) is 1.06. The molecule has 1 aromatic rings. The lowest BCUT2D eigenvalue weighted by Gasteiger charge is -2.46. The zero-order valence-electron chi connectivity index (χ0n) is 15.1. The molecule has 1 aromatic carbocycles. The molecule has 0 saturated carbocycles. The summed E-state index contributed by atoms with van der Waals surface area (Å²) in [7, 11) is 0. The summed E-state index contributed by atoms with van der Waals surface area (Å²) in [4.78, 5) is 36.7. The van der Waals surface area contributed by atoms with E-state index in [0.717, 1.165) is 16.7 Å². The van der Waals surface area contributed by atoms with Gasteiger partial charge in [-0.2, -0.15) is 5.10 Å².